The van der Waals surface area contributed by atoms with Gasteiger partial charge in [0.05, 0.1) is 11.4 Å². The van der Waals surface area contributed by atoms with Crippen molar-refractivity contribution in [3.63, 3.8) is 0 Å². The lowest BCUT2D eigenvalue weighted by molar-refractivity contribution is -0.135. The molecule has 1 aromatic rings. The molecule has 116 valence electrons. The van der Waals surface area contributed by atoms with Gasteiger partial charge in [-0.3, -0.25) is 19.7 Å². The third-order valence-electron chi connectivity index (χ3n) is 3.89. The van der Waals surface area contributed by atoms with E-state index >= 15 is 0 Å². The van der Waals surface area contributed by atoms with Gasteiger partial charge in [0.1, 0.15) is 6.04 Å². The van der Waals surface area contributed by atoms with Gasteiger partial charge in [0.15, 0.2) is 5.78 Å². The minimum atomic E-state index is -0.599. The Hall–Kier alpha value is -2.22. The van der Waals surface area contributed by atoms with E-state index in [2.05, 4.69) is 5.32 Å². The molecule has 0 saturated carbocycles. The van der Waals surface area contributed by atoms with Crippen LogP contribution >= 0.6 is 11.3 Å². The summed E-state index contributed by atoms with van der Waals surface area (Å²) in [7, 11) is 0. The molecule has 1 aromatic heterocycles. The third-order valence-corrected chi connectivity index (χ3v) is 4.80. The molecule has 1 atom stereocenters. The molecule has 0 radical (unpaired) electrons. The topological polar surface area (TPSA) is 86.8 Å². The summed E-state index contributed by atoms with van der Waals surface area (Å²) in [5, 5.41) is 4.07. The van der Waals surface area contributed by atoms with Crippen molar-refractivity contribution in [3.8, 4) is 0 Å². The van der Waals surface area contributed by atoms with Crippen LogP contribution in [-0.2, 0) is 9.59 Å². The maximum Gasteiger partial charge on any atom is 0.324 e. The van der Waals surface area contributed by atoms with Gasteiger partial charge in [-0.1, -0.05) is 6.07 Å². The lowest BCUT2D eigenvalue weighted by Gasteiger charge is -2.35. The van der Waals surface area contributed by atoms with Crippen LogP contribution in [0.25, 0.3) is 0 Å². The Morgan fingerprint density at radius 2 is 2.09 bits per heavy atom. The van der Waals surface area contributed by atoms with Crippen LogP contribution in [0.2, 0.25) is 0 Å². The molecule has 3 rings (SSSR count). The number of carbonyl (C=O) groups excluding carboxylic acids is 4. The molecule has 0 spiro atoms. The van der Waals surface area contributed by atoms with E-state index in [9.17, 15) is 19.2 Å². The highest BCUT2D eigenvalue weighted by Crippen LogP contribution is 2.17. The van der Waals surface area contributed by atoms with Crippen molar-refractivity contribution in [2.45, 2.75) is 18.9 Å². The molecule has 2 saturated heterocycles. The summed E-state index contributed by atoms with van der Waals surface area (Å²) >= 11 is 1.36. The zero-order valence-electron chi connectivity index (χ0n) is 11.8. The minimum absolute atomic E-state index is 0.0456. The third kappa shape index (κ3) is 2.74. The van der Waals surface area contributed by atoms with Crippen LogP contribution in [0.5, 0.6) is 0 Å². The number of Topliss-reactive ketones (excluding diaryl/α,β-unsaturated/α-hetero) is 1. The summed E-state index contributed by atoms with van der Waals surface area (Å²) in [5.41, 5.74) is 0. The standard InChI is InChI=1S/C14H15N3O4S/c18-10(11-2-1-7-22-11)3-4-12(19)16-5-6-17-9(8-16)13(20)15-14(17)21/h1-2,7,9H,3-6,8H2,(H,15,20,21)/t9-/m0/s1. The highest BCUT2D eigenvalue weighted by molar-refractivity contribution is 7.12. The SMILES string of the molecule is O=C(CCC(=O)N1CCN2C(=O)NC(=O)[C@@H]2C1)c1cccs1. The van der Waals surface area contributed by atoms with Crippen LogP contribution in [0, 0.1) is 0 Å². The Morgan fingerprint density at radius 1 is 1.27 bits per heavy atom. The highest BCUT2D eigenvalue weighted by Gasteiger charge is 2.42. The lowest BCUT2D eigenvalue weighted by atomic mass is 10.1. The van der Waals surface area contributed by atoms with Crippen molar-refractivity contribution in [2.24, 2.45) is 0 Å². The Morgan fingerprint density at radius 3 is 2.82 bits per heavy atom. The zero-order valence-corrected chi connectivity index (χ0v) is 12.6. The summed E-state index contributed by atoms with van der Waals surface area (Å²) in [6.45, 7) is 0.930. The molecule has 1 N–H and O–H groups in total. The number of rotatable bonds is 4. The van der Waals surface area contributed by atoms with Gasteiger partial charge in [-0.2, -0.15) is 0 Å². The molecule has 22 heavy (non-hydrogen) atoms. The molecular weight excluding hydrogens is 306 g/mol. The second kappa shape index (κ2) is 5.88. The average molecular weight is 321 g/mol. The lowest BCUT2D eigenvalue weighted by Crippen LogP contribution is -2.54. The van der Waals surface area contributed by atoms with Crippen LogP contribution in [0.3, 0.4) is 0 Å². The average Bonchev–Trinajstić information content (AvgIpc) is 3.14. The van der Waals surface area contributed by atoms with E-state index < -0.39 is 12.1 Å². The first kappa shape index (κ1) is 14.7. The van der Waals surface area contributed by atoms with Crippen LogP contribution in [0.1, 0.15) is 22.5 Å². The van der Waals surface area contributed by atoms with Gasteiger partial charge in [0, 0.05) is 25.9 Å². The molecule has 2 aliphatic rings. The van der Waals surface area contributed by atoms with E-state index in [1.54, 1.807) is 17.0 Å². The Balaban J connectivity index is 1.54. The monoisotopic (exact) mass is 321 g/mol. The number of amides is 4. The summed E-state index contributed by atoms with van der Waals surface area (Å²) < 4.78 is 0. The number of hydrogen-bond donors (Lipinski definition) is 1. The first-order valence-electron chi connectivity index (χ1n) is 7.02. The number of nitrogens with one attached hydrogen (secondary N) is 1. The molecule has 0 aromatic carbocycles. The van der Waals surface area contributed by atoms with Crippen LogP contribution in [0.15, 0.2) is 17.5 Å². The molecule has 7 nitrogen and oxygen atoms in total. The molecule has 3 heterocycles. The molecule has 4 amide bonds. The number of urea groups is 1. The molecule has 2 aliphatic heterocycles. The first-order valence-corrected chi connectivity index (χ1v) is 7.90. The van der Waals surface area contributed by atoms with E-state index in [-0.39, 0.29) is 37.0 Å². The number of thiophene rings is 1. The van der Waals surface area contributed by atoms with Crippen molar-refractivity contribution in [2.75, 3.05) is 19.6 Å². The summed E-state index contributed by atoms with van der Waals surface area (Å²) in [5.74, 6) is -0.565. The fraction of sp³-hybridized carbons (Fsp3) is 0.429. The van der Waals surface area contributed by atoms with Crippen molar-refractivity contribution >= 4 is 35.0 Å². The molecule has 0 unspecified atom stereocenters. The second-order valence-electron chi connectivity index (χ2n) is 5.24. The van der Waals surface area contributed by atoms with Gasteiger partial charge in [-0.25, -0.2) is 4.79 Å². The van der Waals surface area contributed by atoms with Gasteiger partial charge < -0.3 is 9.80 Å². The van der Waals surface area contributed by atoms with Crippen molar-refractivity contribution in [1.82, 2.24) is 15.1 Å². The van der Waals surface area contributed by atoms with E-state index in [0.29, 0.717) is 18.0 Å². The van der Waals surface area contributed by atoms with Gasteiger partial charge in [-0.05, 0) is 11.4 Å². The smallest absolute Gasteiger partial charge is 0.324 e. The van der Waals surface area contributed by atoms with E-state index in [1.165, 1.54) is 16.2 Å². The first-order chi connectivity index (χ1) is 10.6. The zero-order chi connectivity index (χ0) is 15.7. The maximum atomic E-state index is 12.2. The molecular formula is C14H15N3O4S. The molecule has 0 bridgehead atoms. The van der Waals surface area contributed by atoms with Crippen molar-refractivity contribution < 1.29 is 19.2 Å². The van der Waals surface area contributed by atoms with Gasteiger partial charge in [0.2, 0.25) is 5.91 Å². The predicted octanol–water partition coefficient (Wildman–Crippen LogP) is 0.474. The van der Waals surface area contributed by atoms with E-state index in [4.69, 9.17) is 0 Å². The second-order valence-corrected chi connectivity index (χ2v) is 6.19. The molecule has 8 heteroatoms. The van der Waals surface area contributed by atoms with Crippen LogP contribution in [0.4, 0.5) is 4.79 Å². The summed E-state index contributed by atoms with van der Waals surface area (Å²) in [4.78, 5) is 50.9. The number of fused-ring (bicyclic) bond motifs is 1. The summed E-state index contributed by atoms with van der Waals surface area (Å²) in [6, 6.07) is 2.55. The number of piperazine rings is 1. The summed E-state index contributed by atoms with van der Waals surface area (Å²) in [6.07, 6.45) is 0.286. The number of hydrogen-bond acceptors (Lipinski definition) is 5. The predicted molar refractivity (Wildman–Crippen MR) is 78.5 cm³/mol. The van der Waals surface area contributed by atoms with Crippen molar-refractivity contribution in [3.05, 3.63) is 22.4 Å². The Labute approximate surface area is 130 Å². The largest absolute Gasteiger partial charge is 0.338 e. The highest BCUT2D eigenvalue weighted by atomic mass is 32.1. The number of imide groups is 1. The van der Waals surface area contributed by atoms with E-state index in [1.807, 2.05) is 5.38 Å². The quantitative estimate of drug-likeness (QED) is 0.645. The maximum absolute atomic E-state index is 12.2. The fourth-order valence-electron chi connectivity index (χ4n) is 2.68. The van der Waals surface area contributed by atoms with Crippen molar-refractivity contribution in [1.29, 1.82) is 0 Å². The Bertz CT molecular complexity index is 628. The number of ketones is 1. The minimum Gasteiger partial charge on any atom is -0.338 e. The van der Waals surface area contributed by atoms with E-state index in [0.717, 1.165) is 0 Å². The number of carbonyl (C=O) groups is 4. The fourth-order valence-corrected chi connectivity index (χ4v) is 3.37. The van der Waals surface area contributed by atoms with Gasteiger partial charge in [-0.15, -0.1) is 11.3 Å². The number of nitrogens with zero attached hydrogens (tertiary/aromatic N) is 2. The van der Waals surface area contributed by atoms with Crippen LogP contribution < -0.4 is 5.32 Å². The normalized spacial score (nSPS) is 20.8. The van der Waals surface area contributed by atoms with Gasteiger partial charge in [0.25, 0.3) is 5.91 Å². The molecule has 2 fully saturated rings. The Kier molecular flexibility index (Phi) is 3.93. The molecule has 0 aliphatic carbocycles. The van der Waals surface area contributed by atoms with Gasteiger partial charge >= 0.3 is 6.03 Å². The van der Waals surface area contributed by atoms with Crippen LogP contribution in [-0.4, -0.2) is 59.1 Å².